The number of esters is 2. The zero-order valence-electron chi connectivity index (χ0n) is 19.0. The molecule has 2 aromatic carbocycles. The normalized spacial score (nSPS) is 10.6. The Morgan fingerprint density at radius 2 is 1.03 bits per heavy atom. The van der Waals surface area contributed by atoms with Crippen molar-refractivity contribution in [2.45, 2.75) is 0 Å². The van der Waals surface area contributed by atoms with E-state index in [0.29, 0.717) is 31.9 Å². The average Bonchev–Trinajstić information content (AvgIpc) is 3.40. The molecule has 0 saturated heterocycles. The smallest absolute Gasteiger partial charge is 0.337 e. The van der Waals surface area contributed by atoms with Gasteiger partial charge < -0.3 is 31.6 Å². The van der Waals surface area contributed by atoms with Crippen LogP contribution in [0.2, 0.25) is 0 Å². The van der Waals surface area contributed by atoms with E-state index in [0.717, 1.165) is 22.7 Å². The molecule has 0 aliphatic rings. The molecule has 36 heavy (non-hydrogen) atoms. The van der Waals surface area contributed by atoms with Crippen molar-refractivity contribution in [3.63, 3.8) is 0 Å². The Bertz CT molecular complexity index is 1380. The number of rotatable bonds is 6. The van der Waals surface area contributed by atoms with E-state index in [1.165, 1.54) is 38.5 Å². The maximum Gasteiger partial charge on any atom is 0.337 e. The number of thiophene rings is 2. The van der Waals surface area contributed by atoms with Gasteiger partial charge in [-0.2, -0.15) is 0 Å². The lowest BCUT2D eigenvalue weighted by atomic mass is 10.2. The highest BCUT2D eigenvalue weighted by Gasteiger charge is 2.25. The summed E-state index contributed by atoms with van der Waals surface area (Å²) in [4.78, 5) is 49.3. The van der Waals surface area contributed by atoms with Crippen LogP contribution in [-0.4, -0.2) is 38.0 Å². The van der Waals surface area contributed by atoms with E-state index in [9.17, 15) is 19.2 Å². The SMILES string of the molecule is COC(=O)c1ccc(NC(=O)c2sc3sc(C(=O)Nc4ccc(C(=O)OC)cc4)c(N)c3c2N)cc1. The van der Waals surface area contributed by atoms with Gasteiger partial charge in [0.15, 0.2) is 0 Å². The molecule has 184 valence electrons. The molecule has 0 radical (unpaired) electrons. The fourth-order valence-electron chi connectivity index (χ4n) is 3.34. The monoisotopic (exact) mass is 524 g/mol. The molecule has 2 aromatic heterocycles. The lowest BCUT2D eigenvalue weighted by Crippen LogP contribution is -2.13. The molecule has 0 atom stereocenters. The minimum atomic E-state index is -0.482. The van der Waals surface area contributed by atoms with Crippen LogP contribution in [0.3, 0.4) is 0 Å². The Morgan fingerprint density at radius 1 is 0.667 bits per heavy atom. The number of nitrogens with one attached hydrogen (secondary N) is 2. The zero-order chi connectivity index (χ0) is 26.0. The van der Waals surface area contributed by atoms with E-state index in [1.54, 1.807) is 24.3 Å². The van der Waals surface area contributed by atoms with Crippen molar-refractivity contribution in [1.82, 2.24) is 0 Å². The predicted octanol–water partition coefficient (Wildman–Crippen LogP) is 4.21. The summed E-state index contributed by atoms with van der Waals surface area (Å²) in [6, 6.07) is 12.4. The van der Waals surface area contributed by atoms with E-state index in [-0.39, 0.29) is 21.1 Å². The standard InChI is InChI=1S/C24H20N4O6S2/c1-33-22(31)11-3-7-13(8-4-11)27-20(29)18-16(25)15-17(26)19(36-24(15)35-18)21(30)28-14-9-5-12(6-10-14)23(32)34-2/h3-10H,25-26H2,1-2H3,(H,27,29)(H,28,30). The van der Waals surface area contributed by atoms with E-state index in [2.05, 4.69) is 20.1 Å². The van der Waals surface area contributed by atoms with Gasteiger partial charge in [-0.15, -0.1) is 22.7 Å². The van der Waals surface area contributed by atoms with Crippen LogP contribution in [0, 0.1) is 0 Å². The summed E-state index contributed by atoms with van der Waals surface area (Å²) in [6.45, 7) is 0. The summed E-state index contributed by atoms with van der Waals surface area (Å²) in [5.74, 6) is -1.85. The summed E-state index contributed by atoms with van der Waals surface area (Å²) >= 11 is 2.25. The van der Waals surface area contributed by atoms with Crippen LogP contribution >= 0.6 is 22.7 Å². The number of nitrogens with two attached hydrogens (primary N) is 2. The topological polar surface area (TPSA) is 163 Å². The number of benzene rings is 2. The highest BCUT2D eigenvalue weighted by atomic mass is 32.2. The molecule has 0 unspecified atom stereocenters. The number of ether oxygens (including phenoxy) is 2. The molecule has 2 heterocycles. The van der Waals surface area contributed by atoms with Crippen molar-refractivity contribution in [3.8, 4) is 0 Å². The molecule has 10 nitrogen and oxygen atoms in total. The molecular weight excluding hydrogens is 504 g/mol. The molecular formula is C24H20N4O6S2. The van der Waals surface area contributed by atoms with Gasteiger partial charge in [-0.1, -0.05) is 0 Å². The van der Waals surface area contributed by atoms with Gasteiger partial charge in [-0.05, 0) is 48.5 Å². The molecule has 6 N–H and O–H groups in total. The molecule has 0 bridgehead atoms. The molecule has 2 amide bonds. The van der Waals surface area contributed by atoms with Crippen molar-refractivity contribution < 1.29 is 28.7 Å². The number of amides is 2. The van der Waals surface area contributed by atoms with Gasteiger partial charge in [-0.3, -0.25) is 9.59 Å². The largest absolute Gasteiger partial charge is 0.465 e. The number of fused-ring (bicyclic) bond motifs is 1. The molecule has 0 saturated carbocycles. The van der Waals surface area contributed by atoms with Gasteiger partial charge in [0.2, 0.25) is 0 Å². The van der Waals surface area contributed by atoms with Crippen molar-refractivity contribution in [3.05, 3.63) is 69.4 Å². The second-order valence-electron chi connectivity index (χ2n) is 7.40. The summed E-state index contributed by atoms with van der Waals surface area (Å²) < 4.78 is 9.94. The van der Waals surface area contributed by atoms with Crippen LogP contribution in [0.5, 0.6) is 0 Å². The molecule has 0 aliphatic heterocycles. The lowest BCUT2D eigenvalue weighted by Gasteiger charge is -2.07. The Labute approximate surface area is 212 Å². The molecule has 4 aromatic rings. The fraction of sp³-hybridized carbons (Fsp3) is 0.0833. The van der Waals surface area contributed by atoms with Crippen LogP contribution < -0.4 is 22.1 Å². The number of anilines is 4. The molecule has 4 rings (SSSR count). The maximum absolute atomic E-state index is 12.8. The van der Waals surface area contributed by atoms with Crippen molar-refractivity contribution >= 4 is 78.6 Å². The fourth-order valence-corrected chi connectivity index (χ4v) is 5.73. The Balaban J connectivity index is 1.51. The van der Waals surface area contributed by atoms with Gasteiger partial charge >= 0.3 is 11.9 Å². The molecule has 0 aliphatic carbocycles. The minimum Gasteiger partial charge on any atom is -0.465 e. The number of hydrogen-bond donors (Lipinski definition) is 4. The number of methoxy groups -OCH3 is 2. The first-order valence-corrected chi connectivity index (χ1v) is 12.0. The van der Waals surface area contributed by atoms with Crippen molar-refractivity contribution in [2.75, 3.05) is 36.3 Å². The number of nitrogen functional groups attached to an aromatic ring is 2. The van der Waals surface area contributed by atoms with Gasteiger partial charge in [-0.25, -0.2) is 9.59 Å². The van der Waals surface area contributed by atoms with Crippen molar-refractivity contribution in [2.24, 2.45) is 0 Å². The van der Waals surface area contributed by atoms with Crippen LogP contribution in [-0.2, 0) is 9.47 Å². The quantitative estimate of drug-likeness (QED) is 0.273. The Kier molecular flexibility index (Phi) is 6.90. The van der Waals surface area contributed by atoms with Crippen molar-refractivity contribution in [1.29, 1.82) is 0 Å². The van der Waals surface area contributed by atoms with Gasteiger partial charge in [0.1, 0.15) is 9.75 Å². The van der Waals surface area contributed by atoms with E-state index < -0.39 is 23.8 Å². The predicted molar refractivity (Wildman–Crippen MR) is 140 cm³/mol. The third-order valence-corrected chi connectivity index (χ3v) is 7.66. The zero-order valence-corrected chi connectivity index (χ0v) is 20.7. The molecule has 0 fully saturated rings. The summed E-state index contributed by atoms with van der Waals surface area (Å²) in [5, 5.41) is 5.91. The second kappa shape index (κ2) is 10.1. The molecule has 12 heteroatoms. The van der Waals surface area contributed by atoms with E-state index >= 15 is 0 Å². The van der Waals surface area contributed by atoms with Crippen LogP contribution in [0.1, 0.15) is 40.1 Å². The first kappa shape index (κ1) is 24.7. The lowest BCUT2D eigenvalue weighted by molar-refractivity contribution is 0.0592. The number of hydrogen-bond acceptors (Lipinski definition) is 10. The number of carbonyl (C=O) groups is 4. The average molecular weight is 525 g/mol. The summed E-state index contributed by atoms with van der Waals surface area (Å²) in [5.41, 5.74) is 14.5. The minimum absolute atomic E-state index is 0.175. The summed E-state index contributed by atoms with van der Waals surface area (Å²) in [6.07, 6.45) is 0. The van der Waals surface area contributed by atoms with Gasteiger partial charge in [0.25, 0.3) is 11.8 Å². The van der Waals surface area contributed by atoms with Crippen LogP contribution in [0.15, 0.2) is 48.5 Å². The van der Waals surface area contributed by atoms with Crippen LogP contribution in [0.25, 0.3) is 9.40 Å². The Hall–Kier alpha value is -4.42. The van der Waals surface area contributed by atoms with E-state index in [4.69, 9.17) is 11.5 Å². The van der Waals surface area contributed by atoms with Gasteiger partial charge in [0, 0.05) is 11.4 Å². The third-order valence-electron chi connectivity index (χ3n) is 5.16. The number of carbonyl (C=O) groups excluding carboxylic acids is 4. The first-order chi connectivity index (χ1) is 17.2. The maximum atomic E-state index is 12.8. The summed E-state index contributed by atoms with van der Waals surface area (Å²) in [7, 11) is 2.57. The molecule has 0 spiro atoms. The second-order valence-corrected chi connectivity index (χ2v) is 9.70. The highest BCUT2D eigenvalue weighted by molar-refractivity contribution is 7.40. The Morgan fingerprint density at radius 3 is 1.33 bits per heavy atom. The van der Waals surface area contributed by atoms with Crippen LogP contribution in [0.4, 0.5) is 22.7 Å². The first-order valence-electron chi connectivity index (χ1n) is 10.3. The third kappa shape index (κ3) is 4.72. The van der Waals surface area contributed by atoms with Gasteiger partial charge in [0.05, 0.1) is 46.1 Å². The highest BCUT2D eigenvalue weighted by Crippen LogP contribution is 2.45. The van der Waals surface area contributed by atoms with E-state index in [1.807, 2.05) is 0 Å².